The average Bonchev–Trinajstić information content (AvgIpc) is 3.01. The standard InChI is InChI=1S/C13H15NO2S/c1-14(9-10-4-5-10)13(16)12-7-6-11(17-12)3-2-8-15/h6-7,10,15H,4-5,8-9H2,1H3. The molecule has 1 fully saturated rings. The quantitative estimate of drug-likeness (QED) is 0.826. The Morgan fingerprint density at radius 1 is 1.59 bits per heavy atom. The first kappa shape index (κ1) is 12.2. The Hall–Kier alpha value is -1.31. The lowest BCUT2D eigenvalue weighted by atomic mass is 10.3. The minimum atomic E-state index is -0.150. The maximum Gasteiger partial charge on any atom is 0.263 e. The van der Waals surface area contributed by atoms with Crippen molar-refractivity contribution in [3.63, 3.8) is 0 Å². The number of hydrogen-bond acceptors (Lipinski definition) is 3. The van der Waals surface area contributed by atoms with Crippen molar-refractivity contribution in [2.45, 2.75) is 12.8 Å². The zero-order valence-corrected chi connectivity index (χ0v) is 10.6. The molecule has 0 radical (unpaired) electrons. The topological polar surface area (TPSA) is 40.5 Å². The van der Waals surface area contributed by atoms with Gasteiger partial charge in [0.25, 0.3) is 5.91 Å². The van der Waals surface area contributed by atoms with Gasteiger partial charge < -0.3 is 10.0 Å². The van der Waals surface area contributed by atoms with Crippen molar-refractivity contribution in [2.24, 2.45) is 5.92 Å². The van der Waals surface area contributed by atoms with Gasteiger partial charge in [0.2, 0.25) is 0 Å². The molecule has 0 bridgehead atoms. The molecule has 90 valence electrons. The maximum atomic E-state index is 12.0. The lowest BCUT2D eigenvalue weighted by molar-refractivity contribution is 0.0793. The van der Waals surface area contributed by atoms with Gasteiger partial charge in [0.15, 0.2) is 0 Å². The summed E-state index contributed by atoms with van der Waals surface area (Å²) in [6, 6.07) is 3.63. The Morgan fingerprint density at radius 2 is 2.35 bits per heavy atom. The number of thiophene rings is 1. The fourth-order valence-corrected chi connectivity index (χ4v) is 2.48. The second kappa shape index (κ2) is 5.35. The summed E-state index contributed by atoms with van der Waals surface area (Å²) in [7, 11) is 1.85. The molecule has 0 aliphatic heterocycles. The van der Waals surface area contributed by atoms with Crippen LogP contribution in [0.4, 0.5) is 0 Å². The van der Waals surface area contributed by atoms with Gasteiger partial charge >= 0.3 is 0 Å². The van der Waals surface area contributed by atoms with Crippen molar-refractivity contribution in [1.29, 1.82) is 0 Å². The van der Waals surface area contributed by atoms with Gasteiger partial charge in [-0.15, -0.1) is 11.3 Å². The Bertz CT molecular complexity index is 465. The van der Waals surface area contributed by atoms with Crippen molar-refractivity contribution < 1.29 is 9.90 Å². The van der Waals surface area contributed by atoms with Crippen LogP contribution in [-0.2, 0) is 0 Å². The highest BCUT2D eigenvalue weighted by molar-refractivity contribution is 7.14. The van der Waals surface area contributed by atoms with E-state index in [-0.39, 0.29) is 12.5 Å². The van der Waals surface area contributed by atoms with Crippen LogP contribution in [0.3, 0.4) is 0 Å². The third kappa shape index (κ3) is 3.32. The molecule has 2 rings (SSSR count). The molecule has 1 aliphatic rings. The first-order valence-electron chi connectivity index (χ1n) is 5.65. The van der Waals surface area contributed by atoms with Gasteiger partial charge in [-0.05, 0) is 30.9 Å². The molecule has 1 aromatic heterocycles. The third-order valence-electron chi connectivity index (χ3n) is 2.68. The number of hydrogen-bond donors (Lipinski definition) is 1. The average molecular weight is 249 g/mol. The normalized spacial score (nSPS) is 14.0. The number of aliphatic hydroxyl groups is 1. The van der Waals surface area contributed by atoms with Crippen molar-refractivity contribution in [3.05, 3.63) is 21.9 Å². The van der Waals surface area contributed by atoms with Crippen LogP contribution < -0.4 is 0 Å². The van der Waals surface area contributed by atoms with E-state index in [0.717, 1.165) is 16.3 Å². The number of aliphatic hydroxyl groups excluding tert-OH is 1. The Balaban J connectivity index is 2.00. The minimum absolute atomic E-state index is 0.0685. The van der Waals surface area contributed by atoms with E-state index in [2.05, 4.69) is 11.8 Å². The van der Waals surface area contributed by atoms with Crippen LogP contribution in [0.1, 0.15) is 27.4 Å². The predicted octanol–water partition coefficient (Wildman–Crippen LogP) is 1.57. The minimum Gasteiger partial charge on any atom is -0.384 e. The highest BCUT2D eigenvalue weighted by Crippen LogP contribution is 2.30. The fourth-order valence-electron chi connectivity index (χ4n) is 1.61. The molecule has 1 heterocycles. The van der Waals surface area contributed by atoms with E-state index in [9.17, 15) is 4.79 Å². The summed E-state index contributed by atoms with van der Waals surface area (Å²) in [6.07, 6.45) is 2.49. The molecular formula is C13H15NO2S. The number of carbonyl (C=O) groups is 1. The van der Waals surface area contributed by atoms with E-state index >= 15 is 0 Å². The summed E-state index contributed by atoms with van der Waals surface area (Å²) in [6.45, 7) is 0.706. The Kier molecular flexibility index (Phi) is 3.82. The summed E-state index contributed by atoms with van der Waals surface area (Å²) < 4.78 is 0. The van der Waals surface area contributed by atoms with Crippen LogP contribution >= 0.6 is 11.3 Å². The molecule has 1 N–H and O–H groups in total. The molecule has 1 aliphatic carbocycles. The molecule has 1 saturated carbocycles. The largest absolute Gasteiger partial charge is 0.384 e. The van der Waals surface area contributed by atoms with Gasteiger partial charge in [0.1, 0.15) is 6.61 Å². The van der Waals surface area contributed by atoms with Gasteiger partial charge in [0.05, 0.1) is 9.75 Å². The molecular weight excluding hydrogens is 234 g/mol. The van der Waals surface area contributed by atoms with Crippen LogP contribution in [0.25, 0.3) is 0 Å². The molecule has 1 aromatic rings. The van der Waals surface area contributed by atoms with Crippen molar-refractivity contribution in [3.8, 4) is 11.8 Å². The Morgan fingerprint density at radius 3 is 3.00 bits per heavy atom. The molecule has 0 unspecified atom stereocenters. The lowest BCUT2D eigenvalue weighted by Crippen LogP contribution is -2.27. The number of carbonyl (C=O) groups excluding carboxylic acids is 1. The van der Waals surface area contributed by atoms with Crippen molar-refractivity contribution in [2.75, 3.05) is 20.2 Å². The van der Waals surface area contributed by atoms with Gasteiger partial charge in [-0.3, -0.25) is 4.79 Å². The zero-order chi connectivity index (χ0) is 12.3. The number of rotatable bonds is 3. The Labute approximate surface area is 105 Å². The zero-order valence-electron chi connectivity index (χ0n) is 9.77. The second-order valence-corrected chi connectivity index (χ2v) is 5.34. The highest BCUT2D eigenvalue weighted by atomic mass is 32.1. The predicted molar refractivity (Wildman–Crippen MR) is 68.0 cm³/mol. The van der Waals surface area contributed by atoms with E-state index in [0.29, 0.717) is 5.92 Å². The maximum absolute atomic E-state index is 12.0. The fraction of sp³-hybridized carbons (Fsp3) is 0.462. The number of nitrogens with zero attached hydrogens (tertiary/aromatic N) is 1. The summed E-state index contributed by atoms with van der Waals surface area (Å²) in [5.41, 5.74) is 0. The first-order valence-corrected chi connectivity index (χ1v) is 6.47. The second-order valence-electron chi connectivity index (χ2n) is 4.25. The van der Waals surface area contributed by atoms with Crippen LogP contribution in [0.5, 0.6) is 0 Å². The SMILES string of the molecule is CN(CC1CC1)C(=O)c1ccc(C#CCO)s1. The molecule has 17 heavy (non-hydrogen) atoms. The molecule has 0 spiro atoms. The van der Waals surface area contributed by atoms with Crippen LogP contribution in [-0.4, -0.2) is 36.1 Å². The van der Waals surface area contributed by atoms with Gasteiger partial charge in [-0.25, -0.2) is 0 Å². The smallest absolute Gasteiger partial charge is 0.263 e. The summed E-state index contributed by atoms with van der Waals surface area (Å²) in [5.74, 6) is 6.16. The molecule has 0 atom stereocenters. The van der Waals surface area contributed by atoms with Crippen LogP contribution in [0.2, 0.25) is 0 Å². The van der Waals surface area contributed by atoms with Crippen molar-refractivity contribution in [1.82, 2.24) is 4.90 Å². The summed E-state index contributed by atoms with van der Waals surface area (Å²) in [4.78, 5) is 15.4. The van der Waals surface area contributed by atoms with Gasteiger partial charge in [0, 0.05) is 13.6 Å². The molecule has 1 amide bonds. The van der Waals surface area contributed by atoms with Gasteiger partial charge in [-0.1, -0.05) is 11.8 Å². The van der Waals surface area contributed by atoms with E-state index in [1.54, 1.807) is 11.0 Å². The van der Waals surface area contributed by atoms with E-state index in [4.69, 9.17) is 5.11 Å². The highest BCUT2D eigenvalue weighted by Gasteiger charge is 2.25. The first-order chi connectivity index (χ1) is 8.20. The van der Waals surface area contributed by atoms with Crippen molar-refractivity contribution >= 4 is 17.2 Å². The lowest BCUT2D eigenvalue weighted by Gasteiger charge is -2.15. The molecule has 4 heteroatoms. The number of amides is 1. The van der Waals surface area contributed by atoms with E-state index < -0.39 is 0 Å². The van der Waals surface area contributed by atoms with Crippen LogP contribution in [0, 0.1) is 17.8 Å². The molecule has 0 aromatic carbocycles. The third-order valence-corrected chi connectivity index (χ3v) is 3.67. The van der Waals surface area contributed by atoms with Crippen LogP contribution in [0.15, 0.2) is 12.1 Å². The monoisotopic (exact) mass is 249 g/mol. The summed E-state index contributed by atoms with van der Waals surface area (Å²) in [5, 5.41) is 8.59. The van der Waals surface area contributed by atoms with E-state index in [1.165, 1.54) is 24.2 Å². The summed E-state index contributed by atoms with van der Waals surface area (Å²) >= 11 is 1.38. The van der Waals surface area contributed by atoms with E-state index in [1.807, 2.05) is 13.1 Å². The molecule has 0 saturated heterocycles. The van der Waals surface area contributed by atoms with Gasteiger partial charge in [-0.2, -0.15) is 0 Å². The molecule has 3 nitrogen and oxygen atoms in total.